The molecule has 0 saturated carbocycles. The van der Waals surface area contributed by atoms with Crippen LogP contribution in [-0.2, 0) is 9.59 Å². The maximum atomic E-state index is 13.7. The Bertz CT molecular complexity index is 1060. The van der Waals surface area contributed by atoms with Crippen molar-refractivity contribution in [3.05, 3.63) is 64.3 Å². The zero-order valence-electron chi connectivity index (χ0n) is 18.2. The van der Waals surface area contributed by atoms with Crippen molar-refractivity contribution in [3.63, 3.8) is 0 Å². The van der Waals surface area contributed by atoms with Crippen LogP contribution in [0.3, 0.4) is 0 Å². The van der Waals surface area contributed by atoms with Crippen LogP contribution >= 0.6 is 11.6 Å². The second-order valence-electron chi connectivity index (χ2n) is 7.88. The van der Waals surface area contributed by atoms with Gasteiger partial charge in [0.05, 0.1) is 25.0 Å². The van der Waals surface area contributed by atoms with Crippen LogP contribution in [0.1, 0.15) is 11.1 Å². The number of carbonyl (C=O) groups excluding carboxylic acids is 2. The van der Waals surface area contributed by atoms with Gasteiger partial charge in [0.2, 0.25) is 0 Å². The third-order valence-electron chi connectivity index (χ3n) is 5.94. The van der Waals surface area contributed by atoms with Crippen molar-refractivity contribution >= 4 is 34.7 Å². The first-order valence-corrected chi connectivity index (χ1v) is 10.9. The summed E-state index contributed by atoms with van der Waals surface area (Å²) in [6, 6.07) is 12.3. The van der Waals surface area contributed by atoms with Crippen molar-refractivity contribution in [1.29, 1.82) is 0 Å². The van der Waals surface area contributed by atoms with Gasteiger partial charge in [-0.15, -0.1) is 0 Å². The first kappa shape index (κ1) is 22.3. The van der Waals surface area contributed by atoms with Crippen molar-refractivity contribution < 1.29 is 19.4 Å². The van der Waals surface area contributed by atoms with E-state index in [-0.39, 0.29) is 18.4 Å². The van der Waals surface area contributed by atoms with E-state index >= 15 is 0 Å². The number of halogens is 1. The highest BCUT2D eigenvalue weighted by Crippen LogP contribution is 2.37. The van der Waals surface area contributed by atoms with Crippen molar-refractivity contribution in [3.8, 4) is 5.75 Å². The first-order valence-electron chi connectivity index (χ1n) is 10.6. The number of hydrogen-bond donors (Lipinski definition) is 1. The predicted molar refractivity (Wildman–Crippen MR) is 124 cm³/mol. The Balaban J connectivity index is 1.75. The Kier molecular flexibility index (Phi) is 6.50. The van der Waals surface area contributed by atoms with Gasteiger partial charge < -0.3 is 14.7 Å². The predicted octanol–water partition coefficient (Wildman–Crippen LogP) is 2.55. The van der Waals surface area contributed by atoms with Gasteiger partial charge in [-0.3, -0.25) is 14.5 Å². The number of aliphatic hydroxyl groups excluding tert-OH is 1. The summed E-state index contributed by atoms with van der Waals surface area (Å²) in [5.41, 5.74) is 2.76. The third kappa shape index (κ3) is 4.11. The number of aliphatic hydroxyl groups is 1. The molecule has 2 aliphatic heterocycles. The number of nitrogens with zero attached hydrogens (tertiary/aromatic N) is 3. The minimum atomic E-state index is -0.349. The third-order valence-corrected chi connectivity index (χ3v) is 6.18. The van der Waals surface area contributed by atoms with Crippen molar-refractivity contribution in [2.45, 2.75) is 6.92 Å². The summed E-state index contributed by atoms with van der Waals surface area (Å²) < 4.78 is 5.25. The summed E-state index contributed by atoms with van der Waals surface area (Å²) in [6.45, 7) is 5.15. The fourth-order valence-corrected chi connectivity index (χ4v) is 4.48. The number of methoxy groups -OCH3 is 1. The molecule has 8 heteroatoms. The molecule has 0 spiro atoms. The minimum Gasteiger partial charge on any atom is -0.497 e. The molecule has 1 N–H and O–H groups in total. The molecule has 2 aliphatic rings. The van der Waals surface area contributed by atoms with Crippen LogP contribution in [0.15, 0.2) is 48.2 Å². The van der Waals surface area contributed by atoms with E-state index in [0.29, 0.717) is 66.0 Å². The summed E-state index contributed by atoms with van der Waals surface area (Å²) in [6.07, 6.45) is 0. The summed E-state index contributed by atoms with van der Waals surface area (Å²) in [4.78, 5) is 32.7. The normalized spacial score (nSPS) is 17.5. The summed E-state index contributed by atoms with van der Waals surface area (Å²) >= 11 is 6.10. The van der Waals surface area contributed by atoms with Gasteiger partial charge in [0.25, 0.3) is 11.8 Å². The molecule has 2 amide bonds. The van der Waals surface area contributed by atoms with E-state index in [2.05, 4.69) is 4.90 Å². The largest absolute Gasteiger partial charge is 0.497 e. The zero-order valence-corrected chi connectivity index (χ0v) is 18.9. The van der Waals surface area contributed by atoms with Crippen molar-refractivity contribution in [1.82, 2.24) is 9.80 Å². The highest BCUT2D eigenvalue weighted by atomic mass is 35.5. The number of carbonyl (C=O) groups is 2. The van der Waals surface area contributed by atoms with Gasteiger partial charge in [-0.05, 0) is 48.4 Å². The SMILES string of the molecule is COc1ccc(C2=C(N3CCN(CCO)CC3)C(=O)N(c3ccc(Cl)cc3C)C2=O)cc1. The van der Waals surface area contributed by atoms with E-state index in [4.69, 9.17) is 16.3 Å². The molecule has 1 saturated heterocycles. The molecule has 1 fully saturated rings. The number of amides is 2. The van der Waals surface area contributed by atoms with Crippen LogP contribution in [0.4, 0.5) is 5.69 Å². The molecule has 7 nitrogen and oxygen atoms in total. The number of β-amino-alcohol motifs (C(OH)–C–C–N with tert-alkyl or cyclic N) is 1. The lowest BCUT2D eigenvalue weighted by Gasteiger charge is -2.36. The Hall–Kier alpha value is -2.87. The van der Waals surface area contributed by atoms with Gasteiger partial charge in [0.1, 0.15) is 11.4 Å². The fourth-order valence-electron chi connectivity index (χ4n) is 4.25. The number of rotatable bonds is 6. The van der Waals surface area contributed by atoms with Gasteiger partial charge >= 0.3 is 0 Å². The molecular weight excluding hydrogens is 430 g/mol. The maximum Gasteiger partial charge on any atom is 0.282 e. The van der Waals surface area contributed by atoms with E-state index in [0.717, 1.165) is 5.56 Å². The topological polar surface area (TPSA) is 73.3 Å². The number of hydrogen-bond acceptors (Lipinski definition) is 6. The molecule has 0 aromatic heterocycles. The first-order chi connectivity index (χ1) is 15.4. The molecule has 2 aromatic rings. The maximum absolute atomic E-state index is 13.7. The highest BCUT2D eigenvalue weighted by molar-refractivity contribution is 6.45. The Morgan fingerprint density at radius 1 is 1.00 bits per heavy atom. The van der Waals surface area contributed by atoms with Crippen LogP contribution in [-0.4, -0.2) is 73.2 Å². The van der Waals surface area contributed by atoms with E-state index in [9.17, 15) is 14.7 Å². The molecule has 0 unspecified atom stereocenters. The van der Waals surface area contributed by atoms with Gasteiger partial charge in [0, 0.05) is 37.7 Å². The van der Waals surface area contributed by atoms with Gasteiger partial charge in [-0.2, -0.15) is 0 Å². The lowest BCUT2D eigenvalue weighted by molar-refractivity contribution is -0.120. The van der Waals surface area contributed by atoms with Crippen LogP contribution in [0.25, 0.3) is 5.57 Å². The lowest BCUT2D eigenvalue weighted by Crippen LogP contribution is -2.48. The number of aryl methyl sites for hydroxylation is 1. The minimum absolute atomic E-state index is 0.0980. The fraction of sp³-hybridized carbons (Fsp3) is 0.333. The van der Waals surface area contributed by atoms with Crippen LogP contribution < -0.4 is 9.64 Å². The molecule has 2 aromatic carbocycles. The monoisotopic (exact) mass is 455 g/mol. The number of anilines is 1. The second-order valence-corrected chi connectivity index (χ2v) is 8.32. The van der Waals surface area contributed by atoms with Gasteiger partial charge in [-0.1, -0.05) is 23.7 Å². The molecule has 168 valence electrons. The van der Waals surface area contributed by atoms with Gasteiger partial charge in [0.15, 0.2) is 0 Å². The van der Waals surface area contributed by atoms with Crippen molar-refractivity contribution in [2.75, 3.05) is 51.3 Å². The average Bonchev–Trinajstić information content (AvgIpc) is 3.05. The van der Waals surface area contributed by atoms with E-state index in [1.165, 1.54) is 4.90 Å². The molecule has 2 heterocycles. The second kappa shape index (κ2) is 9.32. The van der Waals surface area contributed by atoms with Crippen LogP contribution in [0.2, 0.25) is 5.02 Å². The Morgan fingerprint density at radius 2 is 1.69 bits per heavy atom. The van der Waals surface area contributed by atoms with E-state index < -0.39 is 0 Å². The number of imide groups is 1. The summed E-state index contributed by atoms with van der Waals surface area (Å²) in [5.74, 6) is -0.00378. The molecule has 0 atom stereocenters. The lowest BCUT2D eigenvalue weighted by atomic mass is 10.0. The standard InChI is InChI=1S/C24H26ClN3O4/c1-16-15-18(25)5-8-20(16)28-23(30)21(17-3-6-19(32-2)7-4-17)22(24(28)31)27-11-9-26(10-12-27)13-14-29/h3-8,15,29H,9-14H2,1-2H3. The van der Waals surface area contributed by atoms with Crippen LogP contribution in [0, 0.1) is 6.92 Å². The highest BCUT2D eigenvalue weighted by Gasteiger charge is 2.43. The van der Waals surface area contributed by atoms with E-state index in [1.807, 2.05) is 11.8 Å². The summed E-state index contributed by atoms with van der Waals surface area (Å²) in [7, 11) is 1.58. The van der Waals surface area contributed by atoms with Crippen molar-refractivity contribution in [2.24, 2.45) is 0 Å². The van der Waals surface area contributed by atoms with Gasteiger partial charge in [-0.25, -0.2) is 4.90 Å². The number of piperazine rings is 1. The molecule has 0 radical (unpaired) electrons. The number of ether oxygens (including phenoxy) is 1. The molecule has 32 heavy (non-hydrogen) atoms. The smallest absolute Gasteiger partial charge is 0.282 e. The average molecular weight is 456 g/mol. The zero-order chi connectivity index (χ0) is 22.8. The van der Waals surface area contributed by atoms with Crippen LogP contribution in [0.5, 0.6) is 5.75 Å². The molecular formula is C24H26ClN3O4. The quantitative estimate of drug-likeness (QED) is 0.675. The van der Waals surface area contributed by atoms with E-state index in [1.54, 1.807) is 49.6 Å². The number of benzene rings is 2. The Morgan fingerprint density at radius 3 is 2.28 bits per heavy atom. The summed E-state index contributed by atoms with van der Waals surface area (Å²) in [5, 5.41) is 9.77. The molecule has 4 rings (SSSR count). The molecule has 0 aliphatic carbocycles. The molecule has 0 bridgehead atoms. The Labute approximate surface area is 192 Å².